The highest BCUT2D eigenvalue weighted by atomic mass is 16.4. The number of nitrogens with zero attached hydrogens (tertiary/aromatic N) is 3. The summed E-state index contributed by atoms with van der Waals surface area (Å²) in [6, 6.07) is 0. The van der Waals surface area contributed by atoms with E-state index in [9.17, 15) is 9.59 Å². The van der Waals surface area contributed by atoms with Crippen LogP contribution >= 0.6 is 0 Å². The molecule has 7 nitrogen and oxygen atoms in total. The van der Waals surface area contributed by atoms with E-state index in [1.165, 1.54) is 4.68 Å². The van der Waals surface area contributed by atoms with Gasteiger partial charge in [-0.3, -0.25) is 15.0 Å². The minimum absolute atomic E-state index is 0.0631. The van der Waals surface area contributed by atoms with Crippen LogP contribution < -0.4 is 5.43 Å². The van der Waals surface area contributed by atoms with Crippen LogP contribution in [0.15, 0.2) is 0 Å². The Bertz CT molecular complexity index is 366. The molecule has 1 aromatic rings. The summed E-state index contributed by atoms with van der Waals surface area (Å²) in [4.78, 5) is 21.5. The van der Waals surface area contributed by atoms with Gasteiger partial charge in [-0.25, -0.2) is 4.68 Å². The summed E-state index contributed by atoms with van der Waals surface area (Å²) in [6.07, 6.45) is -0.252. The first kappa shape index (κ1) is 11.2. The molecule has 2 N–H and O–H groups in total. The summed E-state index contributed by atoms with van der Waals surface area (Å²) in [5, 5.41) is 15.9. The monoisotopic (exact) mass is 212 g/mol. The highest BCUT2D eigenvalue weighted by Crippen LogP contribution is 1.97. The Morgan fingerprint density at radius 2 is 1.80 bits per heavy atom. The number of carboxylic acid groups (broad SMARTS) is 1. The normalized spacial score (nSPS) is 10.0. The maximum atomic E-state index is 11.3. The lowest BCUT2D eigenvalue weighted by molar-refractivity contribution is -0.138. The fourth-order valence-corrected chi connectivity index (χ4v) is 1.03. The number of aryl methyl sites for hydroxylation is 2. The number of rotatable bonds is 4. The molecule has 0 spiro atoms. The first-order chi connectivity index (χ1) is 7.00. The van der Waals surface area contributed by atoms with Crippen LogP contribution in [0.4, 0.5) is 0 Å². The molecule has 0 aliphatic rings. The van der Waals surface area contributed by atoms with E-state index in [1.54, 1.807) is 13.8 Å². The van der Waals surface area contributed by atoms with Crippen LogP contribution in [0.5, 0.6) is 0 Å². The Morgan fingerprint density at radius 1 is 1.27 bits per heavy atom. The molecule has 0 radical (unpaired) electrons. The van der Waals surface area contributed by atoms with E-state index in [0.29, 0.717) is 11.6 Å². The van der Waals surface area contributed by atoms with Gasteiger partial charge in [0.25, 0.3) is 0 Å². The van der Waals surface area contributed by atoms with Crippen molar-refractivity contribution in [2.75, 3.05) is 5.43 Å². The average molecular weight is 212 g/mol. The highest BCUT2D eigenvalue weighted by Gasteiger charge is 2.09. The maximum absolute atomic E-state index is 11.3. The predicted octanol–water partition coefficient (Wildman–Crippen LogP) is -0.170. The number of carbonyl (C=O) groups excluding carboxylic acids is 1. The summed E-state index contributed by atoms with van der Waals surface area (Å²) in [5.74, 6) is -0.266. The lowest BCUT2D eigenvalue weighted by atomic mass is 10.3. The van der Waals surface area contributed by atoms with Crippen molar-refractivity contribution in [3.63, 3.8) is 0 Å². The van der Waals surface area contributed by atoms with Crippen molar-refractivity contribution in [3.05, 3.63) is 11.6 Å². The Labute approximate surface area is 86.1 Å². The molecule has 1 amide bonds. The fourth-order valence-electron chi connectivity index (χ4n) is 1.03. The molecule has 1 rings (SSSR count). The molecule has 7 heteroatoms. The quantitative estimate of drug-likeness (QED) is 0.722. The van der Waals surface area contributed by atoms with Crippen molar-refractivity contribution in [1.29, 1.82) is 0 Å². The number of aliphatic carboxylic acids is 1. The van der Waals surface area contributed by atoms with E-state index in [1.807, 2.05) is 0 Å². The summed E-state index contributed by atoms with van der Waals surface area (Å²) < 4.78 is 1.42. The number of hydrogen-bond acceptors (Lipinski definition) is 4. The molecule has 82 valence electrons. The zero-order valence-electron chi connectivity index (χ0n) is 8.52. The Balaban J connectivity index is 2.55. The van der Waals surface area contributed by atoms with Gasteiger partial charge in [0.2, 0.25) is 5.91 Å². The number of carboxylic acids is 1. The Hall–Kier alpha value is -1.92. The molecule has 0 aliphatic carbocycles. The van der Waals surface area contributed by atoms with Crippen LogP contribution in [-0.4, -0.2) is 31.9 Å². The van der Waals surface area contributed by atoms with Gasteiger partial charge in [0.15, 0.2) is 0 Å². The van der Waals surface area contributed by atoms with Crippen LogP contribution in [0.3, 0.4) is 0 Å². The van der Waals surface area contributed by atoms with Gasteiger partial charge in [-0.2, -0.15) is 0 Å². The summed E-state index contributed by atoms with van der Waals surface area (Å²) >= 11 is 0. The van der Waals surface area contributed by atoms with E-state index in [-0.39, 0.29) is 18.7 Å². The Morgan fingerprint density at radius 3 is 2.27 bits per heavy atom. The number of carbonyl (C=O) groups is 2. The third-order valence-electron chi connectivity index (χ3n) is 1.79. The lowest BCUT2D eigenvalue weighted by Gasteiger charge is -2.07. The second kappa shape index (κ2) is 4.54. The van der Waals surface area contributed by atoms with Crippen LogP contribution in [0, 0.1) is 13.8 Å². The number of amides is 1. The van der Waals surface area contributed by atoms with Crippen molar-refractivity contribution in [1.82, 2.24) is 14.9 Å². The lowest BCUT2D eigenvalue weighted by Crippen LogP contribution is -2.25. The summed E-state index contributed by atoms with van der Waals surface area (Å²) in [6.45, 7) is 3.38. The van der Waals surface area contributed by atoms with Gasteiger partial charge in [-0.15, -0.1) is 10.2 Å². The SMILES string of the molecule is Cc1nnc(C)n1NC(=O)CCC(=O)O. The van der Waals surface area contributed by atoms with E-state index in [2.05, 4.69) is 15.6 Å². The third kappa shape index (κ3) is 3.04. The molecular weight excluding hydrogens is 200 g/mol. The number of nitrogens with one attached hydrogen (secondary N) is 1. The molecule has 0 saturated heterocycles. The maximum Gasteiger partial charge on any atom is 0.303 e. The molecule has 1 aromatic heterocycles. The van der Waals surface area contributed by atoms with Gasteiger partial charge in [-0.05, 0) is 13.8 Å². The highest BCUT2D eigenvalue weighted by molar-refractivity contribution is 5.86. The zero-order chi connectivity index (χ0) is 11.4. The van der Waals surface area contributed by atoms with Crippen molar-refractivity contribution < 1.29 is 14.7 Å². The van der Waals surface area contributed by atoms with E-state index in [0.717, 1.165) is 0 Å². The number of hydrogen-bond donors (Lipinski definition) is 2. The molecule has 0 fully saturated rings. The second-order valence-corrected chi connectivity index (χ2v) is 3.06. The second-order valence-electron chi connectivity index (χ2n) is 3.06. The zero-order valence-corrected chi connectivity index (χ0v) is 8.52. The van der Waals surface area contributed by atoms with Gasteiger partial charge in [0.05, 0.1) is 6.42 Å². The largest absolute Gasteiger partial charge is 0.481 e. The Kier molecular flexibility index (Phi) is 3.37. The molecule has 0 aliphatic heterocycles. The molecule has 0 unspecified atom stereocenters. The van der Waals surface area contributed by atoms with Gasteiger partial charge in [-0.1, -0.05) is 0 Å². The van der Waals surface area contributed by atoms with Crippen molar-refractivity contribution in [2.24, 2.45) is 0 Å². The standard InChI is InChI=1S/C8H12N4O3/c1-5-9-10-6(2)12(5)11-7(13)3-4-8(14)15/h3-4H2,1-2H3,(H,11,13)(H,14,15). The first-order valence-electron chi connectivity index (χ1n) is 4.41. The third-order valence-corrected chi connectivity index (χ3v) is 1.79. The van der Waals surface area contributed by atoms with Gasteiger partial charge in [0.1, 0.15) is 11.6 Å². The molecule has 0 aromatic carbocycles. The van der Waals surface area contributed by atoms with E-state index < -0.39 is 5.97 Å². The predicted molar refractivity (Wildman–Crippen MR) is 50.7 cm³/mol. The van der Waals surface area contributed by atoms with Crippen molar-refractivity contribution in [3.8, 4) is 0 Å². The fraction of sp³-hybridized carbons (Fsp3) is 0.500. The van der Waals surface area contributed by atoms with E-state index in [4.69, 9.17) is 5.11 Å². The number of aromatic nitrogens is 3. The van der Waals surface area contributed by atoms with Crippen LogP contribution in [0.1, 0.15) is 24.5 Å². The van der Waals surface area contributed by atoms with Crippen molar-refractivity contribution in [2.45, 2.75) is 26.7 Å². The molecule has 0 saturated carbocycles. The van der Waals surface area contributed by atoms with Crippen LogP contribution in [0.2, 0.25) is 0 Å². The molecule has 15 heavy (non-hydrogen) atoms. The van der Waals surface area contributed by atoms with Crippen molar-refractivity contribution >= 4 is 11.9 Å². The van der Waals surface area contributed by atoms with Crippen LogP contribution in [-0.2, 0) is 9.59 Å². The summed E-state index contributed by atoms with van der Waals surface area (Å²) in [5.41, 5.74) is 2.50. The molecule has 0 atom stereocenters. The molecular formula is C8H12N4O3. The minimum Gasteiger partial charge on any atom is -0.481 e. The topological polar surface area (TPSA) is 97.1 Å². The van der Waals surface area contributed by atoms with Crippen LogP contribution in [0.25, 0.3) is 0 Å². The minimum atomic E-state index is -0.998. The smallest absolute Gasteiger partial charge is 0.303 e. The van der Waals surface area contributed by atoms with Gasteiger partial charge >= 0.3 is 5.97 Å². The van der Waals surface area contributed by atoms with E-state index >= 15 is 0 Å². The van der Waals surface area contributed by atoms with Gasteiger partial charge in [0, 0.05) is 6.42 Å². The summed E-state index contributed by atoms with van der Waals surface area (Å²) in [7, 11) is 0. The molecule has 1 heterocycles. The molecule has 0 bridgehead atoms. The van der Waals surface area contributed by atoms with Gasteiger partial charge < -0.3 is 5.11 Å². The average Bonchev–Trinajstić information content (AvgIpc) is 2.46. The first-order valence-corrected chi connectivity index (χ1v) is 4.41.